The number of amides is 2. The van der Waals surface area contributed by atoms with Gasteiger partial charge in [0.2, 0.25) is 15.9 Å². The topological polar surface area (TPSA) is 96.0 Å². The zero-order valence-corrected chi connectivity index (χ0v) is 25.8. The summed E-state index contributed by atoms with van der Waals surface area (Å²) in [7, 11) is -3.67. The Bertz CT molecular complexity index is 1400. The number of nitrogens with one attached hydrogen (secondary N) is 1. The van der Waals surface area contributed by atoms with Crippen molar-refractivity contribution in [2.45, 2.75) is 63.6 Å². The maximum Gasteiger partial charge on any atom is 0.266 e. The molecule has 2 aliphatic rings. The predicted octanol–water partition coefficient (Wildman–Crippen LogP) is 5.01. The van der Waals surface area contributed by atoms with Crippen molar-refractivity contribution >= 4 is 61.9 Å². The third-order valence-corrected chi connectivity index (χ3v) is 9.90. The number of carbonyl (C=O) groups excluding carboxylic acids is 2. The first kappa shape index (κ1) is 30.4. The van der Waals surface area contributed by atoms with Crippen LogP contribution in [-0.2, 0) is 29.8 Å². The number of thioether (sulfide) groups is 1. The van der Waals surface area contributed by atoms with Gasteiger partial charge in [0.25, 0.3) is 5.91 Å². The van der Waals surface area contributed by atoms with Crippen molar-refractivity contribution in [2.24, 2.45) is 0 Å². The summed E-state index contributed by atoms with van der Waals surface area (Å²) in [5, 5.41) is 2.77. The molecular formula is C29H35N3O5S3. The van der Waals surface area contributed by atoms with Gasteiger partial charge in [-0.25, -0.2) is 8.42 Å². The van der Waals surface area contributed by atoms with Crippen LogP contribution in [0, 0.1) is 0 Å². The van der Waals surface area contributed by atoms with E-state index in [0.717, 1.165) is 5.56 Å². The lowest BCUT2D eigenvalue weighted by atomic mass is 9.87. The Kier molecular flexibility index (Phi) is 9.21. The number of thiocarbonyl (C=S) groups is 1. The molecule has 4 rings (SSSR count). The Hall–Kier alpha value is -2.57. The van der Waals surface area contributed by atoms with Crippen LogP contribution in [0.3, 0.4) is 0 Å². The molecule has 214 valence electrons. The maximum absolute atomic E-state index is 13.0. The van der Waals surface area contributed by atoms with Crippen LogP contribution in [-0.4, -0.2) is 65.6 Å². The minimum Gasteiger partial charge on any atom is -0.373 e. The number of benzene rings is 2. The number of ether oxygens (including phenoxy) is 1. The fourth-order valence-corrected chi connectivity index (χ4v) is 7.45. The Balaban J connectivity index is 1.32. The van der Waals surface area contributed by atoms with Crippen LogP contribution in [0.25, 0.3) is 6.08 Å². The van der Waals surface area contributed by atoms with Crippen LogP contribution >= 0.6 is 24.0 Å². The lowest BCUT2D eigenvalue weighted by molar-refractivity contribution is -0.122. The van der Waals surface area contributed by atoms with E-state index in [9.17, 15) is 18.0 Å². The molecule has 2 heterocycles. The first-order chi connectivity index (χ1) is 18.7. The van der Waals surface area contributed by atoms with E-state index in [1.54, 1.807) is 12.1 Å². The van der Waals surface area contributed by atoms with Gasteiger partial charge in [-0.05, 0) is 60.7 Å². The summed E-state index contributed by atoms with van der Waals surface area (Å²) in [6.45, 7) is 10.9. The number of anilines is 1. The van der Waals surface area contributed by atoms with Crippen molar-refractivity contribution in [3.63, 3.8) is 0 Å². The number of hydrogen-bond donors (Lipinski definition) is 1. The molecule has 0 saturated carbocycles. The zero-order valence-electron chi connectivity index (χ0n) is 23.3. The van der Waals surface area contributed by atoms with Gasteiger partial charge in [-0.1, -0.05) is 69.0 Å². The average molecular weight is 602 g/mol. The van der Waals surface area contributed by atoms with Crippen molar-refractivity contribution in [3.8, 4) is 0 Å². The molecule has 11 heteroatoms. The van der Waals surface area contributed by atoms with E-state index < -0.39 is 10.0 Å². The normalized spacial score (nSPS) is 21.7. The van der Waals surface area contributed by atoms with Crippen LogP contribution < -0.4 is 5.32 Å². The van der Waals surface area contributed by atoms with E-state index in [1.807, 2.05) is 32.1 Å². The second kappa shape index (κ2) is 12.1. The van der Waals surface area contributed by atoms with Crippen molar-refractivity contribution in [1.29, 1.82) is 0 Å². The third-order valence-electron chi connectivity index (χ3n) is 6.67. The van der Waals surface area contributed by atoms with Gasteiger partial charge in [0.15, 0.2) is 0 Å². The molecule has 2 aromatic rings. The molecule has 2 saturated heterocycles. The van der Waals surface area contributed by atoms with E-state index in [0.29, 0.717) is 28.0 Å². The molecule has 2 aliphatic heterocycles. The minimum absolute atomic E-state index is 0.0445. The standard InChI is InChI=1S/C29H35N3O5S3/c1-19-17-31(18-20(2)37-19)40(35,36)24-12-10-23(11-13-24)30-26(33)14-15-32-27(34)25(39-28(32)38)16-21-6-8-22(9-7-21)29(3,4)5/h6-13,16,19-20H,14-15,17-18H2,1-5H3,(H,30,33)/b25-16-/t19-,20-/m1/s1. The molecule has 0 bridgehead atoms. The summed E-state index contributed by atoms with van der Waals surface area (Å²) >= 11 is 6.63. The maximum atomic E-state index is 13.0. The minimum atomic E-state index is -3.67. The molecule has 2 atom stereocenters. The van der Waals surface area contributed by atoms with E-state index >= 15 is 0 Å². The Morgan fingerprint density at radius 1 is 1.07 bits per heavy atom. The molecule has 2 aromatic carbocycles. The van der Waals surface area contributed by atoms with Crippen molar-refractivity contribution in [3.05, 3.63) is 64.6 Å². The third kappa shape index (κ3) is 7.19. The fourth-order valence-electron chi connectivity index (χ4n) is 4.55. The molecule has 40 heavy (non-hydrogen) atoms. The number of rotatable bonds is 7. The second-order valence-corrected chi connectivity index (χ2v) is 14.7. The summed E-state index contributed by atoms with van der Waals surface area (Å²) in [4.78, 5) is 27.7. The second-order valence-electron chi connectivity index (χ2n) is 11.1. The molecule has 2 amide bonds. The molecule has 0 unspecified atom stereocenters. The number of sulfonamides is 1. The van der Waals surface area contributed by atoms with E-state index in [4.69, 9.17) is 17.0 Å². The summed E-state index contributed by atoms with van der Waals surface area (Å²) in [6, 6.07) is 14.2. The largest absolute Gasteiger partial charge is 0.373 e. The number of nitrogens with zero attached hydrogens (tertiary/aromatic N) is 2. The number of morpholine rings is 1. The van der Waals surface area contributed by atoms with Gasteiger partial charge >= 0.3 is 0 Å². The van der Waals surface area contributed by atoms with Gasteiger partial charge in [-0.2, -0.15) is 4.31 Å². The lowest BCUT2D eigenvalue weighted by Gasteiger charge is -2.34. The average Bonchev–Trinajstić information content (AvgIpc) is 3.14. The van der Waals surface area contributed by atoms with Gasteiger partial charge in [0, 0.05) is 31.7 Å². The SMILES string of the molecule is C[C@@H]1CN(S(=O)(=O)c2ccc(NC(=O)CCN3C(=O)/C(=C/c4ccc(C(C)(C)C)cc4)SC3=S)cc2)C[C@@H](C)O1. The van der Waals surface area contributed by atoms with Gasteiger partial charge in [-0.3, -0.25) is 14.5 Å². The molecule has 1 N–H and O–H groups in total. The quantitative estimate of drug-likeness (QED) is 0.352. The van der Waals surface area contributed by atoms with Gasteiger partial charge in [-0.15, -0.1) is 0 Å². The van der Waals surface area contributed by atoms with Crippen LogP contribution in [0.15, 0.2) is 58.3 Å². The molecule has 0 spiro atoms. The molecule has 0 aliphatic carbocycles. The predicted molar refractivity (Wildman–Crippen MR) is 163 cm³/mol. The monoisotopic (exact) mass is 601 g/mol. The smallest absolute Gasteiger partial charge is 0.266 e. The first-order valence-corrected chi connectivity index (χ1v) is 15.8. The molecule has 8 nitrogen and oxygen atoms in total. The van der Waals surface area contributed by atoms with Crippen LogP contribution in [0.4, 0.5) is 5.69 Å². The summed E-state index contributed by atoms with van der Waals surface area (Å²) < 4.78 is 33.6. The van der Waals surface area contributed by atoms with Crippen LogP contribution in [0.1, 0.15) is 52.2 Å². The van der Waals surface area contributed by atoms with Gasteiger partial charge in [0.05, 0.1) is 22.0 Å². The van der Waals surface area contributed by atoms with Crippen molar-refractivity contribution in [1.82, 2.24) is 9.21 Å². The lowest BCUT2D eigenvalue weighted by Crippen LogP contribution is -2.48. The summed E-state index contributed by atoms with van der Waals surface area (Å²) in [5.41, 5.74) is 2.63. The molecule has 0 radical (unpaired) electrons. The first-order valence-electron chi connectivity index (χ1n) is 13.2. The molecule has 0 aromatic heterocycles. The van der Waals surface area contributed by atoms with E-state index in [1.165, 1.54) is 38.7 Å². The fraction of sp³-hybridized carbons (Fsp3) is 0.414. The van der Waals surface area contributed by atoms with E-state index in [2.05, 4.69) is 38.2 Å². The van der Waals surface area contributed by atoms with Crippen molar-refractivity contribution < 1.29 is 22.7 Å². The van der Waals surface area contributed by atoms with E-state index in [-0.39, 0.29) is 47.3 Å². The Labute approximate surface area is 246 Å². The van der Waals surface area contributed by atoms with Crippen LogP contribution in [0.5, 0.6) is 0 Å². The highest BCUT2D eigenvalue weighted by Gasteiger charge is 2.33. The number of hydrogen-bond acceptors (Lipinski definition) is 7. The van der Waals surface area contributed by atoms with Gasteiger partial charge in [0.1, 0.15) is 4.32 Å². The van der Waals surface area contributed by atoms with Gasteiger partial charge < -0.3 is 10.1 Å². The Morgan fingerprint density at radius 2 is 1.68 bits per heavy atom. The van der Waals surface area contributed by atoms with Crippen molar-refractivity contribution in [2.75, 3.05) is 25.0 Å². The molecular weight excluding hydrogens is 567 g/mol. The number of carbonyl (C=O) groups is 2. The highest BCUT2D eigenvalue weighted by molar-refractivity contribution is 8.26. The van der Waals surface area contributed by atoms with Crippen LogP contribution in [0.2, 0.25) is 0 Å². The highest BCUT2D eigenvalue weighted by Crippen LogP contribution is 2.33. The summed E-state index contributed by atoms with van der Waals surface area (Å²) in [5.74, 6) is -0.522. The zero-order chi connectivity index (χ0) is 29.2. The Morgan fingerprint density at radius 3 is 2.25 bits per heavy atom. The highest BCUT2D eigenvalue weighted by atomic mass is 32.2. The molecule has 2 fully saturated rings. The summed E-state index contributed by atoms with van der Waals surface area (Å²) in [6.07, 6.45) is 1.50.